The lowest BCUT2D eigenvalue weighted by atomic mass is 10.2. The van der Waals surface area contributed by atoms with Gasteiger partial charge in [0.15, 0.2) is 0 Å². The number of para-hydroxylation sites is 1. The molecule has 9 nitrogen and oxygen atoms in total. The van der Waals surface area contributed by atoms with Crippen LogP contribution in [0.25, 0.3) is 16.6 Å². The van der Waals surface area contributed by atoms with E-state index < -0.39 is 17.4 Å². The number of carbonyl (C=O) groups is 2. The fraction of sp³-hybridized carbons (Fsp3) is 0.136. The zero-order chi connectivity index (χ0) is 22.1. The molecule has 156 valence electrons. The fourth-order valence-electron chi connectivity index (χ4n) is 3.37. The topological polar surface area (TPSA) is 125 Å². The van der Waals surface area contributed by atoms with Gasteiger partial charge in [0.1, 0.15) is 12.1 Å². The number of aryl methyl sites for hydroxylation is 2. The first-order valence-electron chi connectivity index (χ1n) is 9.56. The van der Waals surface area contributed by atoms with Gasteiger partial charge in [0.2, 0.25) is 11.8 Å². The van der Waals surface area contributed by atoms with Crippen molar-refractivity contribution in [1.29, 1.82) is 0 Å². The summed E-state index contributed by atoms with van der Waals surface area (Å²) in [4.78, 5) is 36.8. The summed E-state index contributed by atoms with van der Waals surface area (Å²) in [5, 5.41) is 12.0. The van der Waals surface area contributed by atoms with Gasteiger partial charge in [0.25, 0.3) is 5.56 Å². The second-order valence-electron chi connectivity index (χ2n) is 7.14. The van der Waals surface area contributed by atoms with Crippen molar-refractivity contribution >= 4 is 28.4 Å². The molecule has 2 aromatic heterocycles. The van der Waals surface area contributed by atoms with E-state index >= 15 is 0 Å². The molecule has 0 fully saturated rings. The molecule has 4 aromatic rings. The predicted molar refractivity (Wildman–Crippen MR) is 116 cm³/mol. The third kappa shape index (κ3) is 3.80. The number of rotatable bonds is 5. The van der Waals surface area contributed by atoms with Crippen LogP contribution in [0, 0.1) is 13.8 Å². The van der Waals surface area contributed by atoms with Gasteiger partial charge in [-0.3, -0.25) is 14.4 Å². The number of amides is 2. The van der Waals surface area contributed by atoms with Gasteiger partial charge < -0.3 is 11.1 Å². The van der Waals surface area contributed by atoms with Gasteiger partial charge >= 0.3 is 0 Å². The largest absolute Gasteiger partial charge is 0.366 e. The van der Waals surface area contributed by atoms with Crippen molar-refractivity contribution < 1.29 is 9.59 Å². The van der Waals surface area contributed by atoms with Crippen LogP contribution in [0.2, 0.25) is 0 Å². The van der Waals surface area contributed by atoms with Crippen LogP contribution in [0.15, 0.2) is 59.5 Å². The Kier molecular flexibility index (Phi) is 5.08. The van der Waals surface area contributed by atoms with Gasteiger partial charge in [-0.2, -0.15) is 10.2 Å². The highest BCUT2D eigenvalue weighted by molar-refractivity contribution is 5.94. The van der Waals surface area contributed by atoms with Crippen molar-refractivity contribution in [2.75, 3.05) is 5.32 Å². The van der Waals surface area contributed by atoms with E-state index in [2.05, 4.69) is 15.5 Å². The van der Waals surface area contributed by atoms with Gasteiger partial charge in [0, 0.05) is 16.6 Å². The van der Waals surface area contributed by atoms with Crippen molar-refractivity contribution in [1.82, 2.24) is 19.6 Å². The molecule has 31 heavy (non-hydrogen) atoms. The Bertz CT molecular complexity index is 1370. The van der Waals surface area contributed by atoms with E-state index in [0.29, 0.717) is 27.8 Å². The normalized spacial score (nSPS) is 10.9. The first kappa shape index (κ1) is 20.0. The molecule has 0 aliphatic rings. The molecule has 9 heteroatoms. The third-order valence-electron chi connectivity index (χ3n) is 4.96. The second kappa shape index (κ2) is 7.86. The summed E-state index contributed by atoms with van der Waals surface area (Å²) < 4.78 is 2.71. The molecule has 0 aliphatic carbocycles. The standard InChI is InChI=1S/C22H20N6O3/c1-13-5-3-4-6-18(13)28-20-17(11-24-28)14(2)26-27(22(20)31)12-19(29)25-16-9-7-15(8-10-16)21(23)30/h3-11H,12H2,1-2H3,(H2,23,30)(H,25,29). The molecular weight excluding hydrogens is 396 g/mol. The number of anilines is 1. The molecule has 0 spiro atoms. The molecule has 4 rings (SSSR count). The highest BCUT2D eigenvalue weighted by Crippen LogP contribution is 2.19. The summed E-state index contributed by atoms with van der Waals surface area (Å²) in [5.41, 5.74) is 8.31. The smallest absolute Gasteiger partial charge is 0.293 e. The molecule has 0 atom stereocenters. The van der Waals surface area contributed by atoms with Gasteiger partial charge in [0.05, 0.1) is 17.6 Å². The number of carbonyl (C=O) groups excluding carboxylic acids is 2. The van der Waals surface area contributed by atoms with Crippen LogP contribution in [-0.4, -0.2) is 31.4 Å². The van der Waals surface area contributed by atoms with E-state index in [1.165, 1.54) is 12.1 Å². The minimum Gasteiger partial charge on any atom is -0.366 e. The molecular formula is C22H20N6O3. The van der Waals surface area contributed by atoms with E-state index in [1.807, 2.05) is 31.2 Å². The van der Waals surface area contributed by atoms with E-state index in [0.717, 1.165) is 15.9 Å². The molecule has 0 radical (unpaired) electrons. The Balaban J connectivity index is 1.67. The quantitative estimate of drug-likeness (QED) is 0.514. The number of hydrogen-bond donors (Lipinski definition) is 2. The van der Waals surface area contributed by atoms with Crippen molar-refractivity contribution in [3.63, 3.8) is 0 Å². The maximum absolute atomic E-state index is 13.2. The summed E-state index contributed by atoms with van der Waals surface area (Å²) in [6, 6.07) is 13.8. The Morgan fingerprint density at radius 1 is 1.06 bits per heavy atom. The van der Waals surface area contributed by atoms with Gasteiger partial charge in [-0.05, 0) is 49.7 Å². The van der Waals surface area contributed by atoms with E-state index in [9.17, 15) is 14.4 Å². The first-order valence-corrected chi connectivity index (χ1v) is 9.56. The number of nitrogens with two attached hydrogens (primary N) is 1. The highest BCUT2D eigenvalue weighted by atomic mass is 16.2. The average Bonchev–Trinajstić information content (AvgIpc) is 3.18. The van der Waals surface area contributed by atoms with E-state index in [1.54, 1.807) is 29.9 Å². The molecule has 2 amide bonds. The van der Waals surface area contributed by atoms with E-state index in [-0.39, 0.29) is 6.54 Å². The lowest BCUT2D eigenvalue weighted by Gasteiger charge is -2.10. The molecule has 0 bridgehead atoms. The SMILES string of the molecule is Cc1ccccc1-n1ncc2c(C)nn(CC(=O)Nc3ccc(C(N)=O)cc3)c(=O)c21. The molecule has 2 aromatic carbocycles. The molecule has 0 unspecified atom stereocenters. The molecule has 0 saturated heterocycles. The average molecular weight is 416 g/mol. The first-order chi connectivity index (χ1) is 14.8. The zero-order valence-corrected chi connectivity index (χ0v) is 17.0. The predicted octanol–water partition coefficient (Wildman–Crippen LogP) is 1.94. The van der Waals surface area contributed by atoms with Crippen LogP contribution in [0.3, 0.4) is 0 Å². The Morgan fingerprint density at radius 3 is 2.45 bits per heavy atom. The van der Waals surface area contributed by atoms with Crippen LogP contribution in [0.4, 0.5) is 5.69 Å². The summed E-state index contributed by atoms with van der Waals surface area (Å²) in [6.45, 7) is 3.43. The van der Waals surface area contributed by atoms with Crippen LogP contribution in [0.1, 0.15) is 21.6 Å². The van der Waals surface area contributed by atoms with Crippen molar-refractivity contribution in [3.8, 4) is 5.69 Å². The van der Waals surface area contributed by atoms with Crippen molar-refractivity contribution in [2.45, 2.75) is 20.4 Å². The molecule has 0 saturated carbocycles. The minimum atomic E-state index is -0.553. The number of benzene rings is 2. The van der Waals surface area contributed by atoms with Gasteiger partial charge in [-0.15, -0.1) is 0 Å². The highest BCUT2D eigenvalue weighted by Gasteiger charge is 2.17. The summed E-state index contributed by atoms with van der Waals surface area (Å²) in [6.07, 6.45) is 1.61. The summed E-state index contributed by atoms with van der Waals surface area (Å²) >= 11 is 0. The lowest BCUT2D eigenvalue weighted by Crippen LogP contribution is -2.31. The minimum absolute atomic E-state index is 0.272. The Labute approximate surface area is 177 Å². The van der Waals surface area contributed by atoms with Crippen LogP contribution >= 0.6 is 0 Å². The van der Waals surface area contributed by atoms with E-state index in [4.69, 9.17) is 5.73 Å². The Hall–Kier alpha value is -4.27. The number of nitrogens with one attached hydrogen (secondary N) is 1. The summed E-state index contributed by atoms with van der Waals surface area (Å²) in [5.74, 6) is -0.982. The molecule has 2 heterocycles. The number of primary amides is 1. The van der Waals surface area contributed by atoms with Crippen LogP contribution in [0.5, 0.6) is 0 Å². The monoisotopic (exact) mass is 416 g/mol. The molecule has 3 N–H and O–H groups in total. The van der Waals surface area contributed by atoms with Crippen LogP contribution < -0.4 is 16.6 Å². The lowest BCUT2D eigenvalue weighted by molar-refractivity contribution is -0.117. The zero-order valence-electron chi connectivity index (χ0n) is 17.0. The van der Waals surface area contributed by atoms with Gasteiger partial charge in [-0.1, -0.05) is 18.2 Å². The number of nitrogens with zero attached hydrogens (tertiary/aromatic N) is 4. The third-order valence-corrected chi connectivity index (χ3v) is 4.96. The maximum Gasteiger partial charge on any atom is 0.293 e. The van der Waals surface area contributed by atoms with Gasteiger partial charge in [-0.25, -0.2) is 9.36 Å². The number of fused-ring (bicyclic) bond motifs is 1. The second-order valence-corrected chi connectivity index (χ2v) is 7.14. The summed E-state index contributed by atoms with van der Waals surface area (Å²) in [7, 11) is 0. The van der Waals surface area contributed by atoms with Crippen molar-refractivity contribution in [2.24, 2.45) is 5.73 Å². The Morgan fingerprint density at radius 2 is 1.77 bits per heavy atom. The number of hydrogen-bond acceptors (Lipinski definition) is 5. The van der Waals surface area contributed by atoms with Crippen LogP contribution in [-0.2, 0) is 11.3 Å². The maximum atomic E-state index is 13.2. The van der Waals surface area contributed by atoms with Crippen molar-refractivity contribution in [3.05, 3.63) is 81.9 Å². The fourth-order valence-corrected chi connectivity index (χ4v) is 3.37. The molecule has 0 aliphatic heterocycles. The number of aromatic nitrogens is 4.